The maximum Gasteiger partial charge on any atom is 0.274 e. The number of nitrogens with zero attached hydrogens (tertiary/aromatic N) is 3. The predicted molar refractivity (Wildman–Crippen MR) is 116 cm³/mol. The van der Waals surface area contributed by atoms with Crippen LogP contribution < -0.4 is 10.1 Å². The van der Waals surface area contributed by atoms with Gasteiger partial charge in [-0.2, -0.15) is 5.10 Å². The van der Waals surface area contributed by atoms with Crippen LogP contribution in [0.2, 0.25) is 0 Å². The lowest BCUT2D eigenvalue weighted by molar-refractivity contribution is 0.102. The number of aliphatic hydroxyl groups excluding tert-OH is 1. The molecule has 158 valence electrons. The van der Waals surface area contributed by atoms with E-state index in [4.69, 9.17) is 9.84 Å². The molecule has 1 fully saturated rings. The molecule has 0 atom stereocenters. The quantitative estimate of drug-likeness (QED) is 0.641. The normalized spacial score (nSPS) is 19.0. The Kier molecular flexibility index (Phi) is 5.99. The summed E-state index contributed by atoms with van der Waals surface area (Å²) >= 11 is 0. The molecular weight excluding hydrogens is 380 g/mol. The summed E-state index contributed by atoms with van der Waals surface area (Å²) in [5.41, 5.74) is 2.62. The number of aliphatic hydroxyl groups is 1. The lowest BCUT2D eigenvalue weighted by atomic mass is 9.87. The topological polar surface area (TPSA) is 89.3 Å². The number of aromatic nitrogens is 3. The molecule has 0 spiro atoms. The van der Waals surface area contributed by atoms with Gasteiger partial charge in [0.05, 0.1) is 23.9 Å². The third-order valence-electron chi connectivity index (χ3n) is 5.74. The number of benzene rings is 1. The van der Waals surface area contributed by atoms with Crippen molar-refractivity contribution in [2.75, 3.05) is 18.5 Å². The maximum atomic E-state index is 12.7. The van der Waals surface area contributed by atoms with E-state index in [0.29, 0.717) is 35.7 Å². The van der Waals surface area contributed by atoms with Crippen LogP contribution in [0.5, 0.6) is 5.75 Å². The van der Waals surface area contributed by atoms with Crippen molar-refractivity contribution in [3.63, 3.8) is 0 Å². The Hall–Kier alpha value is -2.93. The number of carbonyl (C=O) groups is 1. The van der Waals surface area contributed by atoms with Gasteiger partial charge in [-0.15, -0.1) is 0 Å². The molecule has 4 rings (SSSR count). The Morgan fingerprint density at radius 2 is 2.07 bits per heavy atom. The minimum absolute atomic E-state index is 0.268. The van der Waals surface area contributed by atoms with Crippen LogP contribution in [-0.4, -0.2) is 39.0 Å². The summed E-state index contributed by atoms with van der Waals surface area (Å²) in [5.74, 6) is 0.738. The van der Waals surface area contributed by atoms with Crippen LogP contribution in [0.25, 0.3) is 10.9 Å². The Bertz CT molecular complexity index is 1040. The van der Waals surface area contributed by atoms with Gasteiger partial charge in [-0.25, -0.2) is 4.98 Å². The number of hydrogen-bond acceptors (Lipinski definition) is 5. The molecule has 0 radical (unpaired) electrons. The summed E-state index contributed by atoms with van der Waals surface area (Å²) in [5, 5.41) is 18.0. The number of rotatable bonds is 6. The summed E-state index contributed by atoms with van der Waals surface area (Å²) < 4.78 is 7.81. The number of nitrogens with one attached hydrogen (secondary N) is 1. The van der Waals surface area contributed by atoms with Crippen molar-refractivity contribution in [1.82, 2.24) is 14.8 Å². The van der Waals surface area contributed by atoms with Crippen LogP contribution in [0.4, 0.5) is 5.69 Å². The largest absolute Gasteiger partial charge is 0.492 e. The molecular formula is C23H28N4O3. The molecule has 0 saturated heterocycles. The van der Waals surface area contributed by atoms with E-state index in [1.807, 2.05) is 49.0 Å². The van der Waals surface area contributed by atoms with Gasteiger partial charge in [0.2, 0.25) is 0 Å². The van der Waals surface area contributed by atoms with Gasteiger partial charge in [0.15, 0.2) is 0 Å². The first-order chi connectivity index (χ1) is 14.6. The molecule has 2 aromatic heterocycles. The number of anilines is 1. The minimum Gasteiger partial charge on any atom is -0.492 e. The van der Waals surface area contributed by atoms with Crippen molar-refractivity contribution in [3.05, 3.63) is 47.9 Å². The molecule has 3 aromatic rings. The number of fused-ring (bicyclic) bond motifs is 1. The second-order valence-electron chi connectivity index (χ2n) is 7.92. The first kappa shape index (κ1) is 20.3. The van der Waals surface area contributed by atoms with E-state index in [1.165, 1.54) is 0 Å². The van der Waals surface area contributed by atoms with Gasteiger partial charge < -0.3 is 15.2 Å². The molecule has 7 heteroatoms. The average Bonchev–Trinajstić information content (AvgIpc) is 3.17. The number of amides is 1. The van der Waals surface area contributed by atoms with Crippen LogP contribution in [0.15, 0.2) is 36.5 Å². The SMILES string of the molecule is CCOc1cc2nn([C@H]3CC[C@H](CO)CC3)cc2cc1NC(=O)c1cccc(C)n1. The first-order valence-corrected chi connectivity index (χ1v) is 10.6. The molecule has 2 heterocycles. The van der Waals surface area contributed by atoms with Gasteiger partial charge in [-0.1, -0.05) is 6.07 Å². The smallest absolute Gasteiger partial charge is 0.274 e. The van der Waals surface area contributed by atoms with E-state index in [9.17, 15) is 9.90 Å². The fourth-order valence-electron chi connectivity index (χ4n) is 4.08. The molecule has 1 aromatic carbocycles. The molecule has 30 heavy (non-hydrogen) atoms. The van der Waals surface area contributed by atoms with Crippen molar-refractivity contribution in [3.8, 4) is 5.75 Å². The zero-order chi connectivity index (χ0) is 21.1. The third kappa shape index (κ3) is 4.31. The van der Waals surface area contributed by atoms with E-state index < -0.39 is 0 Å². The zero-order valence-corrected chi connectivity index (χ0v) is 17.5. The first-order valence-electron chi connectivity index (χ1n) is 10.6. The van der Waals surface area contributed by atoms with Crippen LogP contribution >= 0.6 is 0 Å². The molecule has 0 aliphatic heterocycles. The summed E-state index contributed by atoms with van der Waals surface area (Å²) in [6.45, 7) is 4.53. The standard InChI is InChI=1S/C23H28N4O3/c1-3-30-22-12-20-17(13-27(26-20)18-9-7-16(14-28)8-10-18)11-21(22)25-23(29)19-6-4-5-15(2)24-19/h4-6,11-13,16,18,28H,3,7-10,14H2,1-2H3,(H,25,29)/t16-,18-. The monoisotopic (exact) mass is 408 g/mol. The van der Waals surface area contributed by atoms with Crippen LogP contribution in [-0.2, 0) is 0 Å². The zero-order valence-electron chi connectivity index (χ0n) is 17.5. The Morgan fingerprint density at radius 1 is 1.27 bits per heavy atom. The second kappa shape index (κ2) is 8.83. The number of aryl methyl sites for hydroxylation is 1. The van der Waals surface area contributed by atoms with Gasteiger partial charge in [0, 0.05) is 30.0 Å². The fourth-order valence-corrected chi connectivity index (χ4v) is 4.08. The third-order valence-corrected chi connectivity index (χ3v) is 5.74. The van der Waals surface area contributed by atoms with Gasteiger partial charge in [-0.05, 0) is 63.6 Å². The molecule has 1 aliphatic rings. The molecule has 0 bridgehead atoms. The van der Waals surface area contributed by atoms with Gasteiger partial charge in [0.1, 0.15) is 11.4 Å². The molecule has 7 nitrogen and oxygen atoms in total. The van der Waals surface area contributed by atoms with Crippen molar-refractivity contribution >= 4 is 22.5 Å². The molecule has 1 saturated carbocycles. The second-order valence-corrected chi connectivity index (χ2v) is 7.92. The van der Waals surface area contributed by atoms with Gasteiger partial charge in [0.25, 0.3) is 5.91 Å². The Labute approximate surface area is 176 Å². The van der Waals surface area contributed by atoms with Crippen molar-refractivity contribution < 1.29 is 14.6 Å². The van der Waals surface area contributed by atoms with Gasteiger partial charge >= 0.3 is 0 Å². The number of pyridine rings is 1. The molecule has 1 amide bonds. The van der Waals surface area contributed by atoms with E-state index in [1.54, 1.807) is 6.07 Å². The molecule has 0 unspecified atom stereocenters. The molecule has 1 aliphatic carbocycles. The van der Waals surface area contributed by atoms with E-state index in [0.717, 1.165) is 42.3 Å². The summed E-state index contributed by atoms with van der Waals surface area (Å²) in [6, 6.07) is 9.51. The Morgan fingerprint density at radius 3 is 2.77 bits per heavy atom. The number of carbonyl (C=O) groups excluding carboxylic acids is 1. The van der Waals surface area contributed by atoms with E-state index in [-0.39, 0.29) is 12.5 Å². The average molecular weight is 409 g/mol. The fraction of sp³-hybridized carbons (Fsp3) is 0.435. The summed E-state index contributed by atoms with van der Waals surface area (Å²) in [7, 11) is 0. The van der Waals surface area contributed by atoms with Crippen LogP contribution in [0.3, 0.4) is 0 Å². The lowest BCUT2D eigenvalue weighted by Crippen LogP contribution is -2.20. The van der Waals surface area contributed by atoms with Crippen LogP contribution in [0, 0.1) is 12.8 Å². The van der Waals surface area contributed by atoms with Crippen molar-refractivity contribution in [2.45, 2.75) is 45.6 Å². The highest BCUT2D eigenvalue weighted by atomic mass is 16.5. The minimum atomic E-state index is -0.270. The highest BCUT2D eigenvalue weighted by Gasteiger charge is 2.23. The number of ether oxygens (including phenoxy) is 1. The summed E-state index contributed by atoms with van der Waals surface area (Å²) in [6.07, 6.45) is 6.11. The highest BCUT2D eigenvalue weighted by molar-refractivity contribution is 6.05. The van der Waals surface area contributed by atoms with E-state index in [2.05, 4.69) is 10.3 Å². The van der Waals surface area contributed by atoms with Crippen LogP contribution in [0.1, 0.15) is 54.8 Å². The van der Waals surface area contributed by atoms with Crippen molar-refractivity contribution in [1.29, 1.82) is 0 Å². The van der Waals surface area contributed by atoms with Crippen molar-refractivity contribution in [2.24, 2.45) is 5.92 Å². The highest BCUT2D eigenvalue weighted by Crippen LogP contribution is 2.35. The van der Waals surface area contributed by atoms with Gasteiger partial charge in [-0.3, -0.25) is 9.48 Å². The molecule has 2 N–H and O–H groups in total. The Balaban J connectivity index is 1.61. The predicted octanol–water partition coefficient (Wildman–Crippen LogP) is 4.11. The van der Waals surface area contributed by atoms with E-state index >= 15 is 0 Å². The lowest BCUT2D eigenvalue weighted by Gasteiger charge is -2.27. The number of hydrogen-bond donors (Lipinski definition) is 2. The summed E-state index contributed by atoms with van der Waals surface area (Å²) in [4.78, 5) is 17.0. The maximum absolute atomic E-state index is 12.7.